The number of anilines is 3. The van der Waals surface area contributed by atoms with E-state index in [1.807, 2.05) is 0 Å². The van der Waals surface area contributed by atoms with Crippen LogP contribution in [0.4, 0.5) is 26.1 Å². The molecule has 0 saturated carbocycles. The van der Waals surface area contributed by atoms with Crippen molar-refractivity contribution >= 4 is 33.3 Å². The van der Waals surface area contributed by atoms with Gasteiger partial charge >= 0.3 is 0 Å². The first-order valence-corrected chi connectivity index (χ1v) is 6.58. The van der Waals surface area contributed by atoms with E-state index in [1.165, 1.54) is 13.2 Å². The molecule has 0 radical (unpaired) electrons. The molecule has 2 aromatic rings. The lowest BCUT2D eigenvalue weighted by Gasteiger charge is -2.11. The lowest BCUT2D eigenvalue weighted by Crippen LogP contribution is -2.12. The predicted octanol–water partition coefficient (Wildman–Crippen LogP) is 2.69. The second-order valence-corrected chi connectivity index (χ2v) is 4.92. The smallest absolute Gasteiger partial charge is 0.158 e. The second kappa shape index (κ2) is 6.74. The summed E-state index contributed by atoms with van der Waals surface area (Å²) in [5.74, 6) is 4.57. The van der Waals surface area contributed by atoms with E-state index in [9.17, 15) is 8.78 Å². The molecule has 0 fully saturated rings. The highest BCUT2D eigenvalue weighted by Gasteiger charge is 2.12. The Labute approximate surface area is 127 Å². The molecule has 0 aliphatic heterocycles. The molecule has 1 aromatic carbocycles. The summed E-state index contributed by atoms with van der Waals surface area (Å²) in [6.45, 7) is 0.134. The number of benzene rings is 1. The third-order valence-electron chi connectivity index (χ3n) is 2.45. The van der Waals surface area contributed by atoms with Gasteiger partial charge in [-0.1, -0.05) is 15.9 Å². The quantitative estimate of drug-likeness (QED) is 0.562. The molecule has 0 saturated heterocycles. The van der Waals surface area contributed by atoms with Gasteiger partial charge in [-0.25, -0.2) is 24.6 Å². The number of nitrogen functional groups attached to an aromatic ring is 1. The van der Waals surface area contributed by atoms with Crippen molar-refractivity contribution in [2.45, 2.75) is 6.61 Å². The van der Waals surface area contributed by atoms with Gasteiger partial charge < -0.3 is 15.5 Å². The topological polar surface area (TPSA) is 85.1 Å². The summed E-state index contributed by atoms with van der Waals surface area (Å²) in [6, 6.07) is 3.70. The number of nitrogens with two attached hydrogens (primary N) is 1. The fraction of sp³-hybridized carbons (Fsp3) is 0.167. The van der Waals surface area contributed by atoms with E-state index in [2.05, 4.69) is 36.6 Å². The highest BCUT2D eigenvalue weighted by Crippen LogP contribution is 2.26. The van der Waals surface area contributed by atoms with E-state index in [-0.39, 0.29) is 23.9 Å². The van der Waals surface area contributed by atoms with Crippen molar-refractivity contribution in [1.29, 1.82) is 0 Å². The normalized spacial score (nSPS) is 10.5. The van der Waals surface area contributed by atoms with Crippen LogP contribution in [0.15, 0.2) is 22.7 Å². The Morgan fingerprint density at radius 2 is 1.81 bits per heavy atom. The van der Waals surface area contributed by atoms with Crippen molar-refractivity contribution in [3.8, 4) is 0 Å². The minimum atomic E-state index is -0.754. The maximum absolute atomic E-state index is 13.8. The van der Waals surface area contributed by atoms with Gasteiger partial charge in [0.15, 0.2) is 17.5 Å². The standard InChI is InChI=1S/C12H12BrF2N5O/c1-21-5-11-17-9(4-10(18-11)20-16)19-12-7(14)2-6(13)3-8(12)15/h2-4H,5,16H2,1H3,(H2,17,18,19,20). The highest BCUT2D eigenvalue weighted by molar-refractivity contribution is 9.10. The first-order chi connectivity index (χ1) is 10.0. The van der Waals surface area contributed by atoms with Crippen molar-refractivity contribution in [2.24, 2.45) is 5.84 Å². The number of halogens is 3. The van der Waals surface area contributed by atoms with Crippen LogP contribution in [0.2, 0.25) is 0 Å². The molecule has 0 aliphatic rings. The molecule has 112 valence electrons. The van der Waals surface area contributed by atoms with E-state index in [0.29, 0.717) is 10.3 Å². The van der Waals surface area contributed by atoms with Crippen LogP contribution in [-0.4, -0.2) is 17.1 Å². The van der Waals surface area contributed by atoms with Crippen molar-refractivity contribution in [3.63, 3.8) is 0 Å². The molecule has 2 rings (SSSR count). The summed E-state index contributed by atoms with van der Waals surface area (Å²) in [7, 11) is 1.48. The van der Waals surface area contributed by atoms with Crippen LogP contribution in [-0.2, 0) is 11.3 Å². The van der Waals surface area contributed by atoms with Gasteiger partial charge in [0.2, 0.25) is 0 Å². The highest BCUT2D eigenvalue weighted by atomic mass is 79.9. The molecular formula is C12H12BrF2N5O. The van der Waals surface area contributed by atoms with Gasteiger partial charge in [0.1, 0.15) is 23.9 Å². The van der Waals surface area contributed by atoms with Crippen molar-refractivity contribution in [1.82, 2.24) is 9.97 Å². The fourth-order valence-electron chi connectivity index (χ4n) is 1.62. The zero-order valence-corrected chi connectivity index (χ0v) is 12.5. The molecule has 1 aromatic heterocycles. The van der Waals surface area contributed by atoms with Crippen molar-refractivity contribution < 1.29 is 13.5 Å². The van der Waals surface area contributed by atoms with Gasteiger partial charge in [-0.3, -0.25) is 0 Å². The number of rotatable bonds is 5. The number of ether oxygens (including phenoxy) is 1. The van der Waals surface area contributed by atoms with E-state index >= 15 is 0 Å². The van der Waals surface area contributed by atoms with Crippen LogP contribution < -0.4 is 16.6 Å². The molecule has 6 nitrogen and oxygen atoms in total. The lowest BCUT2D eigenvalue weighted by atomic mass is 10.3. The number of aromatic nitrogens is 2. The number of hydrogen-bond donors (Lipinski definition) is 3. The van der Waals surface area contributed by atoms with E-state index < -0.39 is 11.6 Å². The Bertz CT molecular complexity index is 633. The summed E-state index contributed by atoms with van der Waals surface area (Å²) in [4.78, 5) is 8.12. The van der Waals surface area contributed by atoms with Gasteiger partial charge in [0.05, 0.1) is 0 Å². The first-order valence-electron chi connectivity index (χ1n) is 5.78. The zero-order chi connectivity index (χ0) is 15.4. The van der Waals surface area contributed by atoms with Crippen LogP contribution in [0.25, 0.3) is 0 Å². The Morgan fingerprint density at radius 3 is 2.38 bits per heavy atom. The van der Waals surface area contributed by atoms with Crippen LogP contribution in [0.3, 0.4) is 0 Å². The van der Waals surface area contributed by atoms with E-state index in [1.54, 1.807) is 0 Å². The molecule has 21 heavy (non-hydrogen) atoms. The van der Waals surface area contributed by atoms with Crippen molar-refractivity contribution in [2.75, 3.05) is 17.9 Å². The molecule has 1 heterocycles. The molecule has 0 aliphatic carbocycles. The summed E-state index contributed by atoms with van der Waals surface area (Å²) in [6.07, 6.45) is 0. The zero-order valence-electron chi connectivity index (χ0n) is 11.0. The van der Waals surface area contributed by atoms with E-state index in [4.69, 9.17) is 10.6 Å². The fourth-order valence-corrected chi connectivity index (χ4v) is 2.02. The van der Waals surface area contributed by atoms with Gasteiger partial charge in [0, 0.05) is 17.6 Å². The SMILES string of the molecule is COCc1nc(NN)cc(Nc2c(F)cc(Br)cc2F)n1. The van der Waals surface area contributed by atoms with Crippen molar-refractivity contribution in [3.05, 3.63) is 40.1 Å². The average Bonchev–Trinajstić information content (AvgIpc) is 2.43. The monoisotopic (exact) mass is 359 g/mol. The average molecular weight is 360 g/mol. The molecule has 0 unspecified atom stereocenters. The summed E-state index contributed by atoms with van der Waals surface area (Å²) < 4.78 is 32.8. The third-order valence-corrected chi connectivity index (χ3v) is 2.91. The molecule has 0 spiro atoms. The minimum Gasteiger partial charge on any atom is -0.377 e. The molecule has 4 N–H and O–H groups in total. The number of methoxy groups -OCH3 is 1. The third kappa shape index (κ3) is 3.84. The Hall–Kier alpha value is -1.84. The summed E-state index contributed by atoms with van der Waals surface area (Å²) >= 11 is 3.01. The Balaban J connectivity index is 2.37. The molecule has 0 atom stereocenters. The summed E-state index contributed by atoms with van der Waals surface area (Å²) in [5.41, 5.74) is 2.03. The van der Waals surface area contributed by atoms with Crippen LogP contribution in [0.1, 0.15) is 5.82 Å². The second-order valence-electron chi connectivity index (χ2n) is 4.00. The minimum absolute atomic E-state index is 0.134. The van der Waals surface area contributed by atoms with Gasteiger partial charge in [-0.15, -0.1) is 0 Å². The van der Waals surface area contributed by atoms with Gasteiger partial charge in [-0.05, 0) is 12.1 Å². The Morgan fingerprint density at radius 1 is 1.19 bits per heavy atom. The largest absolute Gasteiger partial charge is 0.377 e. The molecule has 0 bridgehead atoms. The maximum atomic E-state index is 13.8. The first kappa shape index (κ1) is 15.5. The molecule has 0 amide bonds. The predicted molar refractivity (Wildman–Crippen MR) is 77.9 cm³/mol. The van der Waals surface area contributed by atoms with Crippen LogP contribution in [0, 0.1) is 11.6 Å². The number of nitrogens with one attached hydrogen (secondary N) is 2. The van der Waals surface area contributed by atoms with Gasteiger partial charge in [0.25, 0.3) is 0 Å². The molecule has 9 heteroatoms. The Kier molecular flexibility index (Phi) is 4.99. The van der Waals surface area contributed by atoms with Crippen LogP contribution in [0.5, 0.6) is 0 Å². The lowest BCUT2D eigenvalue weighted by molar-refractivity contribution is 0.178. The van der Waals surface area contributed by atoms with Gasteiger partial charge in [-0.2, -0.15) is 0 Å². The number of hydrogen-bond acceptors (Lipinski definition) is 6. The maximum Gasteiger partial charge on any atom is 0.158 e. The van der Waals surface area contributed by atoms with E-state index in [0.717, 1.165) is 12.1 Å². The van der Waals surface area contributed by atoms with Crippen LogP contribution >= 0.6 is 15.9 Å². The molecular weight excluding hydrogens is 348 g/mol. The summed E-state index contributed by atoms with van der Waals surface area (Å²) in [5, 5.41) is 2.57. The number of hydrazine groups is 1. The number of nitrogens with zero attached hydrogens (tertiary/aromatic N) is 2.